The fraction of sp³-hybridized carbons (Fsp3) is 0.235. The zero-order chi connectivity index (χ0) is 17.6. The van der Waals surface area contributed by atoms with Gasteiger partial charge in [-0.1, -0.05) is 6.07 Å². The molecule has 0 unspecified atom stereocenters. The van der Waals surface area contributed by atoms with Crippen LogP contribution in [0.5, 0.6) is 0 Å². The minimum absolute atomic E-state index is 0.217. The Balaban J connectivity index is 1.65. The molecular weight excluding hydrogens is 345 g/mol. The van der Waals surface area contributed by atoms with Crippen LogP contribution < -0.4 is 10.2 Å². The van der Waals surface area contributed by atoms with E-state index in [4.69, 9.17) is 0 Å². The summed E-state index contributed by atoms with van der Waals surface area (Å²) in [6.07, 6.45) is 0.524. The summed E-state index contributed by atoms with van der Waals surface area (Å²) >= 11 is 1.31. The monoisotopic (exact) mass is 359 g/mol. The number of carbonyl (C=O) groups is 3. The molecule has 128 valence electrons. The number of carbonyl (C=O) groups excluding carboxylic acids is 3. The Morgan fingerprint density at radius 1 is 1.20 bits per heavy atom. The zero-order valence-electron chi connectivity index (χ0n) is 13.0. The maximum Gasteiger partial charge on any atom is 0.329 e. The van der Waals surface area contributed by atoms with Crippen molar-refractivity contribution in [2.24, 2.45) is 0 Å². The van der Waals surface area contributed by atoms with Gasteiger partial charge in [0.2, 0.25) is 0 Å². The number of halogens is 1. The summed E-state index contributed by atoms with van der Waals surface area (Å²) in [5.74, 6) is -1.14. The molecule has 0 spiro atoms. The van der Waals surface area contributed by atoms with Crippen LogP contribution in [-0.2, 0) is 4.79 Å². The maximum absolute atomic E-state index is 13.1. The molecule has 4 rings (SSSR count). The van der Waals surface area contributed by atoms with Crippen LogP contribution in [0.3, 0.4) is 0 Å². The molecule has 2 atom stereocenters. The van der Waals surface area contributed by atoms with Crippen molar-refractivity contribution >= 4 is 34.9 Å². The quantitative estimate of drug-likeness (QED) is 0.894. The number of thiophene rings is 1. The first-order valence-electron chi connectivity index (χ1n) is 7.81. The lowest BCUT2D eigenvalue weighted by molar-refractivity contribution is -0.122. The predicted octanol–water partition coefficient (Wildman–Crippen LogP) is 2.23. The lowest BCUT2D eigenvalue weighted by Gasteiger charge is -2.36. The minimum Gasteiger partial charge on any atom is -0.332 e. The molecule has 2 fully saturated rings. The third-order valence-corrected chi connectivity index (χ3v) is 5.32. The lowest BCUT2D eigenvalue weighted by atomic mass is 10.0. The molecule has 1 N–H and O–H groups in total. The number of rotatable bonds is 2. The van der Waals surface area contributed by atoms with E-state index in [9.17, 15) is 18.8 Å². The normalized spacial score (nSPS) is 22.8. The number of benzene rings is 1. The molecule has 0 radical (unpaired) electrons. The molecule has 2 aromatic rings. The van der Waals surface area contributed by atoms with Crippen LogP contribution in [0, 0.1) is 5.82 Å². The van der Waals surface area contributed by atoms with Gasteiger partial charge in [0.1, 0.15) is 11.9 Å². The number of fused-ring (bicyclic) bond motifs is 1. The summed E-state index contributed by atoms with van der Waals surface area (Å²) in [4.78, 5) is 41.0. The van der Waals surface area contributed by atoms with Crippen molar-refractivity contribution in [3.63, 3.8) is 0 Å². The first-order chi connectivity index (χ1) is 12.1. The van der Waals surface area contributed by atoms with E-state index < -0.39 is 29.8 Å². The summed E-state index contributed by atoms with van der Waals surface area (Å²) < 4.78 is 13.1. The number of nitrogens with zero attached hydrogens (tertiary/aromatic N) is 2. The van der Waals surface area contributed by atoms with E-state index >= 15 is 0 Å². The van der Waals surface area contributed by atoms with Crippen LogP contribution in [0.25, 0.3) is 0 Å². The molecule has 4 amide bonds. The van der Waals surface area contributed by atoms with Crippen molar-refractivity contribution in [1.29, 1.82) is 0 Å². The molecule has 25 heavy (non-hydrogen) atoms. The molecule has 6 nitrogen and oxygen atoms in total. The van der Waals surface area contributed by atoms with Crippen LogP contribution in [0.2, 0.25) is 0 Å². The standard InChI is InChI=1S/C17H14FN3O3S/c18-10-3-5-11(6-4-10)21-16(23)14-12(19-17(21)24)7-8-20(14)15(22)13-2-1-9-25-13/h1-6,9,12,14H,7-8H2,(H,19,24)/t12-,14+/m1/s1. The highest BCUT2D eigenvalue weighted by Crippen LogP contribution is 2.29. The molecule has 0 aliphatic carbocycles. The van der Waals surface area contributed by atoms with Gasteiger partial charge in [-0.2, -0.15) is 0 Å². The topological polar surface area (TPSA) is 69.7 Å². The SMILES string of the molecule is O=C1N[C@@H]2CCN(C(=O)c3cccs3)[C@@H]2C(=O)N1c1ccc(F)cc1. The van der Waals surface area contributed by atoms with Gasteiger partial charge in [0.25, 0.3) is 11.8 Å². The number of hydrogen-bond donors (Lipinski definition) is 1. The smallest absolute Gasteiger partial charge is 0.329 e. The number of hydrogen-bond acceptors (Lipinski definition) is 4. The van der Waals surface area contributed by atoms with Crippen LogP contribution in [0.15, 0.2) is 41.8 Å². The highest BCUT2D eigenvalue weighted by atomic mass is 32.1. The van der Waals surface area contributed by atoms with Gasteiger partial charge < -0.3 is 10.2 Å². The molecular formula is C17H14FN3O3S. The average Bonchev–Trinajstić information content (AvgIpc) is 3.25. The van der Waals surface area contributed by atoms with Crippen LogP contribution in [0.1, 0.15) is 16.1 Å². The van der Waals surface area contributed by atoms with Crippen LogP contribution >= 0.6 is 11.3 Å². The van der Waals surface area contributed by atoms with E-state index in [0.29, 0.717) is 17.8 Å². The highest BCUT2D eigenvalue weighted by Gasteiger charge is 2.50. The van der Waals surface area contributed by atoms with Gasteiger partial charge >= 0.3 is 6.03 Å². The first-order valence-corrected chi connectivity index (χ1v) is 8.69. The molecule has 0 bridgehead atoms. The van der Waals surface area contributed by atoms with E-state index in [2.05, 4.69) is 5.32 Å². The third kappa shape index (κ3) is 2.58. The summed E-state index contributed by atoms with van der Waals surface area (Å²) in [5, 5.41) is 4.59. The Bertz CT molecular complexity index is 837. The van der Waals surface area contributed by atoms with Gasteiger partial charge in [-0.25, -0.2) is 14.1 Å². The van der Waals surface area contributed by atoms with Crippen molar-refractivity contribution in [3.8, 4) is 0 Å². The van der Waals surface area contributed by atoms with Gasteiger partial charge in [-0.3, -0.25) is 9.59 Å². The summed E-state index contributed by atoms with van der Waals surface area (Å²) in [5.41, 5.74) is 0.276. The molecule has 2 aliphatic heterocycles. The lowest BCUT2D eigenvalue weighted by Crippen LogP contribution is -2.65. The largest absolute Gasteiger partial charge is 0.332 e. The number of amides is 4. The second kappa shape index (κ2) is 5.96. The number of nitrogens with one attached hydrogen (secondary N) is 1. The van der Waals surface area contributed by atoms with E-state index in [1.807, 2.05) is 0 Å². The van der Waals surface area contributed by atoms with Crippen molar-refractivity contribution in [2.45, 2.75) is 18.5 Å². The maximum atomic E-state index is 13.1. The van der Waals surface area contributed by atoms with Crippen LogP contribution in [-0.4, -0.2) is 41.4 Å². The summed E-state index contributed by atoms with van der Waals surface area (Å²) in [6, 6.07) is 6.89. The average molecular weight is 359 g/mol. The fourth-order valence-corrected chi connectivity index (χ4v) is 3.99. The Morgan fingerprint density at radius 2 is 1.96 bits per heavy atom. The summed E-state index contributed by atoms with van der Waals surface area (Å²) in [7, 11) is 0. The fourth-order valence-electron chi connectivity index (χ4n) is 3.31. The second-order valence-electron chi connectivity index (χ2n) is 5.92. The highest BCUT2D eigenvalue weighted by molar-refractivity contribution is 7.12. The van der Waals surface area contributed by atoms with Crippen molar-refractivity contribution in [3.05, 3.63) is 52.5 Å². The minimum atomic E-state index is -0.752. The van der Waals surface area contributed by atoms with E-state index in [0.717, 1.165) is 4.90 Å². The van der Waals surface area contributed by atoms with E-state index in [1.165, 1.54) is 40.5 Å². The second-order valence-corrected chi connectivity index (χ2v) is 6.86. The molecule has 2 aliphatic rings. The van der Waals surface area contributed by atoms with Gasteiger partial charge in [0.05, 0.1) is 16.6 Å². The number of imide groups is 1. The van der Waals surface area contributed by atoms with Gasteiger partial charge in [0, 0.05) is 6.54 Å². The Morgan fingerprint density at radius 3 is 2.64 bits per heavy atom. The Labute approximate surface area is 146 Å². The van der Waals surface area contributed by atoms with Gasteiger partial charge in [-0.05, 0) is 42.1 Å². The summed E-state index contributed by atoms with van der Waals surface area (Å²) in [6.45, 7) is 0.398. The zero-order valence-corrected chi connectivity index (χ0v) is 13.8. The number of likely N-dealkylation sites (tertiary alicyclic amines) is 1. The van der Waals surface area contributed by atoms with Gasteiger partial charge in [0.15, 0.2) is 0 Å². The molecule has 1 aromatic carbocycles. The van der Waals surface area contributed by atoms with Crippen LogP contribution in [0.4, 0.5) is 14.9 Å². The van der Waals surface area contributed by atoms with E-state index in [-0.39, 0.29) is 11.6 Å². The molecule has 8 heteroatoms. The number of anilines is 1. The molecule has 0 saturated carbocycles. The third-order valence-electron chi connectivity index (χ3n) is 4.46. The predicted molar refractivity (Wildman–Crippen MR) is 90.0 cm³/mol. The van der Waals surface area contributed by atoms with E-state index in [1.54, 1.807) is 17.5 Å². The Kier molecular flexibility index (Phi) is 3.76. The molecule has 2 saturated heterocycles. The Hall–Kier alpha value is -2.74. The van der Waals surface area contributed by atoms with Crippen molar-refractivity contribution < 1.29 is 18.8 Å². The molecule has 1 aromatic heterocycles. The molecule has 3 heterocycles. The first kappa shape index (κ1) is 15.8. The number of urea groups is 1. The van der Waals surface area contributed by atoms with Crippen molar-refractivity contribution in [1.82, 2.24) is 10.2 Å². The van der Waals surface area contributed by atoms with Crippen molar-refractivity contribution in [2.75, 3.05) is 11.4 Å². The van der Waals surface area contributed by atoms with Gasteiger partial charge in [-0.15, -0.1) is 11.3 Å².